The van der Waals surface area contributed by atoms with Crippen molar-refractivity contribution in [3.8, 4) is 11.4 Å². The van der Waals surface area contributed by atoms with E-state index in [4.69, 9.17) is 0 Å². The van der Waals surface area contributed by atoms with Gasteiger partial charge in [-0.2, -0.15) is 0 Å². The summed E-state index contributed by atoms with van der Waals surface area (Å²) in [6, 6.07) is 13.1. The molecule has 130 valence electrons. The number of piperazine rings is 1. The van der Waals surface area contributed by atoms with E-state index in [0.29, 0.717) is 18.7 Å². The summed E-state index contributed by atoms with van der Waals surface area (Å²) in [5.74, 6) is 0.865. The molecule has 7 heteroatoms. The molecule has 0 saturated carbocycles. The van der Waals surface area contributed by atoms with Crippen molar-refractivity contribution in [2.75, 3.05) is 31.1 Å². The Kier molecular flexibility index (Phi) is 4.51. The molecule has 0 aromatic carbocycles. The minimum atomic E-state index is 0.0450. The van der Waals surface area contributed by atoms with Crippen molar-refractivity contribution in [2.45, 2.75) is 0 Å². The molecule has 4 heterocycles. The summed E-state index contributed by atoms with van der Waals surface area (Å²) < 4.78 is 0. The number of hydrogen-bond donors (Lipinski definition) is 0. The Morgan fingerprint density at radius 1 is 0.808 bits per heavy atom. The fourth-order valence-electron chi connectivity index (χ4n) is 2.96. The fraction of sp³-hybridized carbons (Fsp3) is 0.211. The molecule has 0 aliphatic carbocycles. The molecule has 1 fully saturated rings. The summed E-state index contributed by atoms with van der Waals surface area (Å²) in [5, 5.41) is 8.62. The molecule has 0 bridgehead atoms. The van der Waals surface area contributed by atoms with Crippen LogP contribution in [0.25, 0.3) is 11.4 Å². The van der Waals surface area contributed by atoms with Crippen LogP contribution >= 0.6 is 0 Å². The highest BCUT2D eigenvalue weighted by molar-refractivity contribution is 5.94. The molecule has 3 aromatic rings. The van der Waals surface area contributed by atoms with Gasteiger partial charge in [0.1, 0.15) is 5.69 Å². The first-order valence-electron chi connectivity index (χ1n) is 8.51. The van der Waals surface area contributed by atoms with Crippen molar-refractivity contribution in [1.82, 2.24) is 25.1 Å². The van der Waals surface area contributed by atoms with E-state index in [1.54, 1.807) is 30.7 Å². The van der Waals surface area contributed by atoms with Gasteiger partial charge in [-0.05, 0) is 36.4 Å². The molecule has 3 aromatic heterocycles. The molecule has 0 unspecified atom stereocenters. The molecule has 0 N–H and O–H groups in total. The molecule has 1 aliphatic rings. The first kappa shape index (κ1) is 16.1. The zero-order chi connectivity index (χ0) is 17.8. The molecular formula is C19H18N6O. The van der Waals surface area contributed by atoms with Gasteiger partial charge < -0.3 is 9.80 Å². The van der Waals surface area contributed by atoms with Crippen LogP contribution in [0.1, 0.15) is 10.4 Å². The van der Waals surface area contributed by atoms with Crippen molar-refractivity contribution >= 4 is 11.7 Å². The highest BCUT2D eigenvalue weighted by Crippen LogP contribution is 2.18. The molecular weight excluding hydrogens is 328 g/mol. The molecule has 0 spiro atoms. The van der Waals surface area contributed by atoms with Crippen LogP contribution in [0.5, 0.6) is 0 Å². The van der Waals surface area contributed by atoms with Gasteiger partial charge in [0.05, 0.1) is 5.69 Å². The average Bonchev–Trinajstić information content (AvgIpc) is 2.75. The van der Waals surface area contributed by atoms with Crippen molar-refractivity contribution in [3.05, 3.63) is 66.6 Å². The van der Waals surface area contributed by atoms with Crippen LogP contribution in [0.3, 0.4) is 0 Å². The van der Waals surface area contributed by atoms with Crippen LogP contribution < -0.4 is 4.90 Å². The van der Waals surface area contributed by atoms with Crippen LogP contribution in [0.15, 0.2) is 61.1 Å². The Labute approximate surface area is 151 Å². The molecule has 7 nitrogen and oxygen atoms in total. The molecule has 1 aliphatic heterocycles. The molecule has 4 rings (SSSR count). The lowest BCUT2D eigenvalue weighted by atomic mass is 10.2. The Balaban J connectivity index is 1.40. The second kappa shape index (κ2) is 7.26. The predicted octanol–water partition coefficient (Wildman–Crippen LogP) is 1.90. The van der Waals surface area contributed by atoms with E-state index in [1.165, 1.54) is 0 Å². The standard InChI is InChI=1S/C19H18N6O/c26-19(15-6-9-20-10-7-15)25-13-11-24(12-14-25)18-5-4-17(22-23-18)16-3-1-2-8-21-16/h1-10H,11-14H2. The largest absolute Gasteiger partial charge is 0.352 e. The first-order valence-corrected chi connectivity index (χ1v) is 8.51. The summed E-state index contributed by atoms with van der Waals surface area (Å²) >= 11 is 0. The summed E-state index contributed by atoms with van der Waals surface area (Å²) in [5.41, 5.74) is 2.23. The molecule has 0 radical (unpaired) electrons. The Hall–Kier alpha value is -3.35. The molecule has 1 saturated heterocycles. The third-order valence-electron chi connectivity index (χ3n) is 4.40. The summed E-state index contributed by atoms with van der Waals surface area (Å²) in [4.78, 5) is 24.7. The van der Waals surface area contributed by atoms with Gasteiger partial charge in [0.25, 0.3) is 5.91 Å². The number of rotatable bonds is 3. The lowest BCUT2D eigenvalue weighted by Crippen LogP contribution is -2.49. The maximum Gasteiger partial charge on any atom is 0.254 e. The van der Waals surface area contributed by atoms with E-state index in [1.807, 2.05) is 35.2 Å². The zero-order valence-electron chi connectivity index (χ0n) is 14.2. The minimum Gasteiger partial charge on any atom is -0.352 e. The smallest absolute Gasteiger partial charge is 0.254 e. The highest BCUT2D eigenvalue weighted by atomic mass is 16.2. The average molecular weight is 346 g/mol. The lowest BCUT2D eigenvalue weighted by molar-refractivity contribution is 0.0746. The van der Waals surface area contributed by atoms with Crippen molar-refractivity contribution in [2.24, 2.45) is 0 Å². The Morgan fingerprint density at radius 3 is 2.27 bits per heavy atom. The van der Waals surface area contributed by atoms with Crippen molar-refractivity contribution < 1.29 is 4.79 Å². The maximum absolute atomic E-state index is 12.5. The SMILES string of the molecule is O=C(c1ccncc1)N1CCN(c2ccc(-c3ccccn3)nn2)CC1. The highest BCUT2D eigenvalue weighted by Gasteiger charge is 2.23. The van der Waals surface area contributed by atoms with Gasteiger partial charge in [0, 0.05) is 50.3 Å². The van der Waals surface area contributed by atoms with Gasteiger partial charge in [-0.1, -0.05) is 6.07 Å². The molecule has 1 amide bonds. The second-order valence-electron chi connectivity index (χ2n) is 6.01. The monoisotopic (exact) mass is 346 g/mol. The topological polar surface area (TPSA) is 75.1 Å². The van der Waals surface area contributed by atoms with E-state index >= 15 is 0 Å². The molecule has 0 atom stereocenters. The number of nitrogens with zero attached hydrogens (tertiary/aromatic N) is 6. The third-order valence-corrected chi connectivity index (χ3v) is 4.40. The maximum atomic E-state index is 12.5. The van der Waals surface area contributed by atoms with E-state index < -0.39 is 0 Å². The van der Waals surface area contributed by atoms with Crippen LogP contribution in [0.2, 0.25) is 0 Å². The van der Waals surface area contributed by atoms with Crippen LogP contribution in [-0.4, -0.2) is 57.2 Å². The van der Waals surface area contributed by atoms with Gasteiger partial charge in [-0.3, -0.25) is 14.8 Å². The van der Waals surface area contributed by atoms with Gasteiger partial charge in [0.2, 0.25) is 0 Å². The van der Waals surface area contributed by atoms with Gasteiger partial charge >= 0.3 is 0 Å². The van der Waals surface area contributed by atoms with Gasteiger partial charge in [-0.15, -0.1) is 10.2 Å². The quantitative estimate of drug-likeness (QED) is 0.721. The van der Waals surface area contributed by atoms with Crippen LogP contribution in [-0.2, 0) is 0 Å². The first-order chi connectivity index (χ1) is 12.8. The number of amides is 1. The number of anilines is 1. The normalized spacial score (nSPS) is 14.3. The van der Waals surface area contributed by atoms with Crippen molar-refractivity contribution in [3.63, 3.8) is 0 Å². The minimum absolute atomic E-state index is 0.0450. The summed E-state index contributed by atoms with van der Waals surface area (Å²) in [6.45, 7) is 2.78. The number of carbonyl (C=O) groups excluding carboxylic acids is 1. The Bertz CT molecular complexity index is 862. The predicted molar refractivity (Wildman–Crippen MR) is 97.6 cm³/mol. The summed E-state index contributed by atoms with van der Waals surface area (Å²) in [7, 11) is 0. The van der Waals surface area contributed by atoms with E-state index in [0.717, 1.165) is 30.3 Å². The van der Waals surface area contributed by atoms with Crippen LogP contribution in [0.4, 0.5) is 5.82 Å². The van der Waals surface area contributed by atoms with E-state index in [2.05, 4.69) is 25.1 Å². The number of hydrogen-bond acceptors (Lipinski definition) is 6. The zero-order valence-corrected chi connectivity index (χ0v) is 14.2. The fourth-order valence-corrected chi connectivity index (χ4v) is 2.96. The van der Waals surface area contributed by atoms with Crippen molar-refractivity contribution in [1.29, 1.82) is 0 Å². The third kappa shape index (κ3) is 3.37. The van der Waals surface area contributed by atoms with Crippen LogP contribution in [0, 0.1) is 0 Å². The molecule has 26 heavy (non-hydrogen) atoms. The van der Waals surface area contributed by atoms with E-state index in [-0.39, 0.29) is 5.91 Å². The van der Waals surface area contributed by atoms with Gasteiger partial charge in [-0.25, -0.2) is 0 Å². The van der Waals surface area contributed by atoms with E-state index in [9.17, 15) is 4.79 Å². The lowest BCUT2D eigenvalue weighted by Gasteiger charge is -2.35. The Morgan fingerprint density at radius 2 is 1.62 bits per heavy atom. The number of carbonyl (C=O) groups is 1. The number of aromatic nitrogens is 4. The number of pyridine rings is 2. The van der Waals surface area contributed by atoms with Gasteiger partial charge in [0.15, 0.2) is 5.82 Å². The summed E-state index contributed by atoms with van der Waals surface area (Å²) in [6.07, 6.45) is 5.02. The second-order valence-corrected chi connectivity index (χ2v) is 6.01.